The Balaban J connectivity index is 1.06. The lowest BCUT2D eigenvalue weighted by Crippen LogP contribution is -2.34. The van der Waals surface area contributed by atoms with Crippen molar-refractivity contribution in [1.82, 2.24) is 0 Å². The van der Waals surface area contributed by atoms with Crippen LogP contribution in [0.4, 0.5) is 17.1 Å². The Kier molecular flexibility index (Phi) is 8.11. The SMILES string of the molecule is c1ccc(C2c3ccccc3-c3ccc(N(c4ccc5c(c4)C4(c6ccccc6-5)c5ccccc5-c5cccc6ccc(C7CCCCC7)c4c56)c4ccc5ccccc5c4)cc32)cc1. The number of benzene rings is 10. The molecule has 4 aliphatic carbocycles. The highest BCUT2D eigenvalue weighted by Crippen LogP contribution is 2.64. The zero-order valence-corrected chi connectivity index (χ0v) is 36.3. The molecular weight excluding hydrogens is 783 g/mol. The maximum Gasteiger partial charge on any atom is 0.0729 e. The minimum absolute atomic E-state index is 0.149. The van der Waals surface area contributed by atoms with Crippen molar-refractivity contribution in [2.75, 3.05) is 4.90 Å². The summed E-state index contributed by atoms with van der Waals surface area (Å²) in [7, 11) is 0. The molecule has 0 aromatic heterocycles. The first kappa shape index (κ1) is 36.9. The molecule has 0 N–H and O–H groups in total. The van der Waals surface area contributed by atoms with Crippen LogP contribution in [0.2, 0.25) is 0 Å². The van der Waals surface area contributed by atoms with Gasteiger partial charge in [0.1, 0.15) is 0 Å². The lowest BCUT2D eigenvalue weighted by atomic mass is 9.59. The van der Waals surface area contributed by atoms with E-state index in [1.165, 1.54) is 132 Å². The summed E-state index contributed by atoms with van der Waals surface area (Å²) in [5.74, 6) is 0.677. The summed E-state index contributed by atoms with van der Waals surface area (Å²) in [6, 6.07) is 81.3. The van der Waals surface area contributed by atoms with Crippen molar-refractivity contribution in [2.45, 2.75) is 49.4 Å². The standard InChI is InChI=1S/C64H47N/c1-3-17-42(18-4-1)49-35-31-44-22-15-27-56-53-25-12-14-29-59(53)64(63(49)62(44)56)58-28-13-11-24-52(58)54-37-34-48(40-60(54)64)65(46-32-30-41-16-7-8-21-45(41)38-46)47-33-36-51-50-23-9-10-26-55(50)61(57(51)39-47)43-19-5-2-6-20-43/h2,5-16,19-40,42,61H,1,3-4,17-18H2. The molecule has 0 radical (unpaired) electrons. The van der Waals surface area contributed by atoms with Crippen LogP contribution in [0.5, 0.6) is 0 Å². The first-order valence-corrected chi connectivity index (χ1v) is 23.7. The average molecular weight is 830 g/mol. The summed E-state index contributed by atoms with van der Waals surface area (Å²) in [6.45, 7) is 0. The Bertz CT molecular complexity index is 3550. The minimum Gasteiger partial charge on any atom is -0.310 e. The van der Waals surface area contributed by atoms with Gasteiger partial charge in [-0.05, 0) is 155 Å². The molecule has 10 aromatic carbocycles. The molecule has 1 saturated carbocycles. The van der Waals surface area contributed by atoms with Gasteiger partial charge >= 0.3 is 0 Å². The van der Waals surface area contributed by atoms with Crippen LogP contribution >= 0.6 is 0 Å². The molecule has 1 spiro atoms. The zero-order valence-electron chi connectivity index (χ0n) is 36.3. The quantitative estimate of drug-likeness (QED) is 0.167. The average Bonchev–Trinajstić information content (AvgIpc) is 3.86. The molecule has 14 rings (SSSR count). The summed E-state index contributed by atoms with van der Waals surface area (Å²) in [5, 5.41) is 5.24. The predicted octanol–water partition coefficient (Wildman–Crippen LogP) is 17.0. The van der Waals surface area contributed by atoms with Crippen molar-refractivity contribution in [3.8, 4) is 33.4 Å². The second-order valence-electron chi connectivity index (χ2n) is 18.9. The Labute approximate surface area is 381 Å². The Morgan fingerprint density at radius 1 is 0.354 bits per heavy atom. The molecule has 1 nitrogen and oxygen atoms in total. The van der Waals surface area contributed by atoms with Gasteiger partial charge < -0.3 is 4.90 Å². The van der Waals surface area contributed by atoms with E-state index in [1.807, 2.05) is 0 Å². The third-order valence-corrected chi connectivity index (χ3v) is 15.7. The summed E-state index contributed by atoms with van der Waals surface area (Å²) >= 11 is 0. The van der Waals surface area contributed by atoms with E-state index < -0.39 is 5.41 Å². The molecule has 4 aliphatic rings. The van der Waals surface area contributed by atoms with E-state index in [0.717, 1.165) is 11.4 Å². The van der Waals surface area contributed by atoms with E-state index >= 15 is 0 Å². The molecule has 308 valence electrons. The number of anilines is 3. The van der Waals surface area contributed by atoms with Crippen molar-refractivity contribution < 1.29 is 0 Å². The van der Waals surface area contributed by atoms with Gasteiger partial charge in [0.2, 0.25) is 0 Å². The first-order valence-electron chi connectivity index (χ1n) is 23.7. The lowest BCUT2D eigenvalue weighted by Gasteiger charge is -2.43. The van der Waals surface area contributed by atoms with E-state index in [-0.39, 0.29) is 5.92 Å². The normalized spacial score (nSPS) is 17.7. The Hall–Kier alpha value is -7.48. The molecule has 0 aliphatic heterocycles. The molecule has 1 heteroatoms. The van der Waals surface area contributed by atoms with E-state index in [9.17, 15) is 0 Å². The van der Waals surface area contributed by atoms with Gasteiger partial charge in [-0.2, -0.15) is 0 Å². The van der Waals surface area contributed by atoms with Gasteiger partial charge in [-0.25, -0.2) is 0 Å². The largest absolute Gasteiger partial charge is 0.310 e. The molecule has 1 fully saturated rings. The van der Waals surface area contributed by atoms with Crippen LogP contribution < -0.4 is 4.90 Å². The maximum absolute atomic E-state index is 2.59. The van der Waals surface area contributed by atoms with Crippen LogP contribution in [0, 0.1) is 0 Å². The number of rotatable bonds is 5. The molecule has 2 unspecified atom stereocenters. The van der Waals surface area contributed by atoms with Gasteiger partial charge in [0.15, 0.2) is 0 Å². The topological polar surface area (TPSA) is 3.24 Å². The van der Waals surface area contributed by atoms with Gasteiger partial charge in [-0.15, -0.1) is 0 Å². The zero-order chi connectivity index (χ0) is 42.6. The fourth-order valence-electron chi connectivity index (χ4n) is 13.0. The van der Waals surface area contributed by atoms with Crippen molar-refractivity contribution in [3.05, 3.63) is 257 Å². The monoisotopic (exact) mass is 829 g/mol. The third-order valence-electron chi connectivity index (χ3n) is 15.7. The van der Waals surface area contributed by atoms with E-state index in [2.05, 4.69) is 217 Å². The number of hydrogen-bond acceptors (Lipinski definition) is 1. The van der Waals surface area contributed by atoms with Gasteiger partial charge in [-0.3, -0.25) is 0 Å². The van der Waals surface area contributed by atoms with E-state index in [4.69, 9.17) is 0 Å². The lowest BCUT2D eigenvalue weighted by molar-refractivity contribution is 0.440. The maximum atomic E-state index is 2.59. The molecule has 0 amide bonds. The molecule has 2 atom stereocenters. The third kappa shape index (κ3) is 5.27. The second-order valence-corrected chi connectivity index (χ2v) is 18.9. The highest BCUT2D eigenvalue weighted by Gasteiger charge is 2.52. The van der Waals surface area contributed by atoms with Crippen molar-refractivity contribution in [1.29, 1.82) is 0 Å². The summed E-state index contributed by atoms with van der Waals surface area (Å²) < 4.78 is 0. The molecule has 65 heavy (non-hydrogen) atoms. The van der Waals surface area contributed by atoms with Crippen LogP contribution in [-0.2, 0) is 5.41 Å². The summed E-state index contributed by atoms with van der Waals surface area (Å²) in [5.41, 5.74) is 22.3. The van der Waals surface area contributed by atoms with Crippen LogP contribution in [0.1, 0.15) is 88.4 Å². The second kappa shape index (κ2) is 14.3. The molecule has 0 heterocycles. The molecular formula is C64H47N. The molecule has 0 bridgehead atoms. The summed E-state index contributed by atoms with van der Waals surface area (Å²) in [4.78, 5) is 2.54. The van der Waals surface area contributed by atoms with Crippen molar-refractivity contribution in [3.63, 3.8) is 0 Å². The minimum atomic E-state index is -0.508. The van der Waals surface area contributed by atoms with Gasteiger partial charge in [0.25, 0.3) is 0 Å². The fraction of sp³-hybridized carbons (Fsp3) is 0.125. The van der Waals surface area contributed by atoms with E-state index in [0.29, 0.717) is 5.92 Å². The van der Waals surface area contributed by atoms with Crippen LogP contribution in [0.3, 0.4) is 0 Å². The highest BCUT2D eigenvalue weighted by molar-refractivity contribution is 6.08. The van der Waals surface area contributed by atoms with Crippen LogP contribution in [0.25, 0.3) is 54.9 Å². The van der Waals surface area contributed by atoms with Crippen LogP contribution in [-0.4, -0.2) is 0 Å². The highest BCUT2D eigenvalue weighted by atomic mass is 15.1. The molecule has 0 saturated heterocycles. The smallest absolute Gasteiger partial charge is 0.0729 e. The van der Waals surface area contributed by atoms with Gasteiger partial charge in [0, 0.05) is 23.0 Å². The van der Waals surface area contributed by atoms with Crippen LogP contribution in [0.15, 0.2) is 212 Å². The predicted molar refractivity (Wildman–Crippen MR) is 271 cm³/mol. The Morgan fingerprint density at radius 3 is 1.74 bits per heavy atom. The number of fused-ring (bicyclic) bond motifs is 13. The van der Waals surface area contributed by atoms with Crippen molar-refractivity contribution in [2.24, 2.45) is 0 Å². The first-order chi connectivity index (χ1) is 32.3. The Morgan fingerprint density at radius 2 is 0.923 bits per heavy atom. The number of hydrogen-bond donors (Lipinski definition) is 0. The van der Waals surface area contributed by atoms with Crippen molar-refractivity contribution >= 4 is 38.6 Å². The molecule has 10 aromatic rings. The summed E-state index contributed by atoms with van der Waals surface area (Å²) in [6.07, 6.45) is 6.41. The number of nitrogens with zero attached hydrogens (tertiary/aromatic N) is 1. The van der Waals surface area contributed by atoms with E-state index in [1.54, 1.807) is 5.56 Å². The fourth-order valence-corrected chi connectivity index (χ4v) is 13.0. The van der Waals surface area contributed by atoms with Gasteiger partial charge in [-0.1, -0.05) is 195 Å². The van der Waals surface area contributed by atoms with Gasteiger partial charge in [0.05, 0.1) is 5.41 Å².